The maximum absolute atomic E-state index is 13.0. The maximum Gasteiger partial charge on any atom is 0.325 e. The molecule has 7 nitrogen and oxygen atoms in total. The van der Waals surface area contributed by atoms with E-state index >= 15 is 0 Å². The lowest BCUT2D eigenvalue weighted by atomic mass is 9.84. The normalized spacial score (nSPS) is 31.5. The summed E-state index contributed by atoms with van der Waals surface area (Å²) in [5.74, 6) is 1.20. The number of fused-ring (bicyclic) bond motifs is 2. The molecule has 1 aromatic carbocycles. The fourth-order valence-corrected chi connectivity index (χ4v) is 5.37. The predicted molar refractivity (Wildman–Crippen MR) is 105 cm³/mol. The lowest BCUT2D eigenvalue weighted by Crippen LogP contribution is -2.47. The number of nitriles is 1. The lowest BCUT2D eigenvalue weighted by molar-refractivity contribution is -0.135. The number of hydrogen-bond acceptors (Lipinski definition) is 4. The third-order valence-corrected chi connectivity index (χ3v) is 6.99. The van der Waals surface area contributed by atoms with Crippen molar-refractivity contribution in [1.29, 1.82) is 5.26 Å². The molecule has 2 bridgehead atoms. The molecule has 4 rings (SSSR count). The van der Waals surface area contributed by atoms with Gasteiger partial charge in [-0.05, 0) is 68.6 Å². The Bertz CT molecular complexity index is 890. The van der Waals surface area contributed by atoms with Gasteiger partial charge in [0.15, 0.2) is 0 Å². The topological polar surface area (TPSA) is 102 Å². The van der Waals surface area contributed by atoms with Gasteiger partial charge in [-0.15, -0.1) is 0 Å². The number of amides is 4. The fraction of sp³-hybridized carbons (Fsp3) is 0.545. The number of carbonyl (C=O) groups is 3. The van der Waals surface area contributed by atoms with Crippen molar-refractivity contribution in [3.05, 3.63) is 35.4 Å². The van der Waals surface area contributed by atoms with Gasteiger partial charge in [0, 0.05) is 6.04 Å². The van der Waals surface area contributed by atoms with Gasteiger partial charge >= 0.3 is 6.03 Å². The first-order valence-corrected chi connectivity index (χ1v) is 10.3. The second kappa shape index (κ2) is 7.18. The van der Waals surface area contributed by atoms with Crippen LogP contribution in [0.15, 0.2) is 24.3 Å². The van der Waals surface area contributed by atoms with Crippen molar-refractivity contribution in [3.8, 4) is 6.07 Å². The lowest BCUT2D eigenvalue weighted by Gasteiger charge is -2.29. The first-order valence-electron chi connectivity index (χ1n) is 10.3. The molecule has 2 aliphatic carbocycles. The van der Waals surface area contributed by atoms with Gasteiger partial charge in [-0.1, -0.05) is 18.6 Å². The van der Waals surface area contributed by atoms with Gasteiger partial charge in [0.05, 0.1) is 11.6 Å². The van der Waals surface area contributed by atoms with E-state index in [1.165, 1.54) is 19.3 Å². The van der Waals surface area contributed by atoms with Crippen molar-refractivity contribution in [1.82, 2.24) is 15.5 Å². The van der Waals surface area contributed by atoms with Crippen molar-refractivity contribution in [2.24, 2.45) is 17.8 Å². The number of imide groups is 1. The van der Waals surface area contributed by atoms with Gasteiger partial charge in [0.2, 0.25) is 5.91 Å². The molecule has 1 saturated heterocycles. The van der Waals surface area contributed by atoms with Gasteiger partial charge in [0.1, 0.15) is 12.1 Å². The first kappa shape index (κ1) is 19.4. The standard InChI is InChI=1S/C22H26N4O3/c1-13(18-10-15-3-6-16(18)9-15)24-19(27)12-26-20(28)22(2,25-21(26)29)17-7-4-14(11-23)5-8-17/h4-5,7-8,13,15-16,18H,3,6,9-10,12H2,1-2H3,(H,24,27)(H,25,29). The van der Waals surface area contributed by atoms with E-state index in [1.807, 2.05) is 13.0 Å². The zero-order valence-corrected chi connectivity index (χ0v) is 16.8. The van der Waals surface area contributed by atoms with Gasteiger partial charge in [0.25, 0.3) is 5.91 Å². The third kappa shape index (κ3) is 3.37. The number of benzene rings is 1. The highest BCUT2D eigenvalue weighted by molar-refractivity contribution is 6.09. The summed E-state index contributed by atoms with van der Waals surface area (Å²) in [7, 11) is 0. The van der Waals surface area contributed by atoms with Gasteiger partial charge < -0.3 is 10.6 Å². The molecule has 7 heteroatoms. The van der Waals surface area contributed by atoms with Crippen LogP contribution in [0, 0.1) is 29.1 Å². The second-order valence-corrected chi connectivity index (χ2v) is 8.83. The van der Waals surface area contributed by atoms with Gasteiger partial charge in [-0.3, -0.25) is 14.5 Å². The summed E-state index contributed by atoms with van der Waals surface area (Å²) in [6.07, 6.45) is 4.97. The Kier molecular flexibility index (Phi) is 4.81. The number of nitrogens with one attached hydrogen (secondary N) is 2. The van der Waals surface area contributed by atoms with Crippen LogP contribution in [-0.2, 0) is 15.1 Å². The van der Waals surface area contributed by atoms with E-state index in [0.717, 1.165) is 17.2 Å². The minimum absolute atomic E-state index is 0.0449. The molecule has 5 atom stereocenters. The molecule has 29 heavy (non-hydrogen) atoms. The zero-order chi connectivity index (χ0) is 20.8. The van der Waals surface area contributed by atoms with Crippen LogP contribution in [0.4, 0.5) is 4.79 Å². The summed E-state index contributed by atoms with van der Waals surface area (Å²) >= 11 is 0. The molecule has 152 valence electrons. The molecule has 2 saturated carbocycles. The molecule has 5 unspecified atom stereocenters. The molecule has 0 radical (unpaired) electrons. The molecular weight excluding hydrogens is 368 g/mol. The monoisotopic (exact) mass is 394 g/mol. The molecule has 0 aromatic heterocycles. The van der Waals surface area contributed by atoms with E-state index in [0.29, 0.717) is 23.0 Å². The molecule has 1 aliphatic heterocycles. The summed E-state index contributed by atoms with van der Waals surface area (Å²) in [5, 5.41) is 14.6. The Morgan fingerprint density at radius 3 is 2.62 bits per heavy atom. The summed E-state index contributed by atoms with van der Waals surface area (Å²) in [5.41, 5.74) is -0.199. The van der Waals surface area contributed by atoms with Crippen LogP contribution in [0.3, 0.4) is 0 Å². The number of carbonyl (C=O) groups excluding carboxylic acids is 3. The molecule has 4 amide bonds. The van der Waals surface area contributed by atoms with E-state index in [9.17, 15) is 14.4 Å². The largest absolute Gasteiger partial charge is 0.352 e. The van der Waals surface area contributed by atoms with Crippen LogP contribution in [0.5, 0.6) is 0 Å². The third-order valence-electron chi connectivity index (χ3n) is 6.99. The van der Waals surface area contributed by atoms with Crippen LogP contribution in [-0.4, -0.2) is 35.3 Å². The summed E-state index contributed by atoms with van der Waals surface area (Å²) < 4.78 is 0. The van der Waals surface area contributed by atoms with Crippen LogP contribution in [0.25, 0.3) is 0 Å². The molecular formula is C22H26N4O3. The molecule has 0 spiro atoms. The fourth-order valence-electron chi connectivity index (χ4n) is 5.37. The zero-order valence-electron chi connectivity index (χ0n) is 16.8. The van der Waals surface area contributed by atoms with Gasteiger partial charge in [-0.2, -0.15) is 5.26 Å². The average Bonchev–Trinajstić information content (AvgIpc) is 3.39. The summed E-state index contributed by atoms with van der Waals surface area (Å²) in [6, 6.07) is 8.00. The number of hydrogen-bond donors (Lipinski definition) is 2. The van der Waals surface area contributed by atoms with Crippen LogP contribution in [0.1, 0.15) is 50.7 Å². The maximum atomic E-state index is 13.0. The number of nitrogens with zero attached hydrogens (tertiary/aromatic N) is 2. The highest BCUT2D eigenvalue weighted by Gasteiger charge is 2.49. The quantitative estimate of drug-likeness (QED) is 0.748. The van der Waals surface area contributed by atoms with Crippen molar-refractivity contribution >= 4 is 17.8 Å². The van der Waals surface area contributed by atoms with Crippen molar-refractivity contribution < 1.29 is 14.4 Å². The highest BCUT2D eigenvalue weighted by atomic mass is 16.2. The smallest absolute Gasteiger partial charge is 0.325 e. The average molecular weight is 394 g/mol. The molecule has 3 aliphatic rings. The van der Waals surface area contributed by atoms with Crippen LogP contribution in [0.2, 0.25) is 0 Å². The Morgan fingerprint density at radius 2 is 2.03 bits per heavy atom. The summed E-state index contributed by atoms with van der Waals surface area (Å²) in [6.45, 7) is 3.35. The number of rotatable bonds is 5. The van der Waals surface area contributed by atoms with E-state index in [2.05, 4.69) is 10.6 Å². The van der Waals surface area contributed by atoms with Crippen LogP contribution >= 0.6 is 0 Å². The van der Waals surface area contributed by atoms with Gasteiger partial charge in [-0.25, -0.2) is 4.79 Å². The Morgan fingerprint density at radius 1 is 1.31 bits per heavy atom. The minimum atomic E-state index is -1.25. The molecule has 3 fully saturated rings. The summed E-state index contributed by atoms with van der Waals surface area (Å²) in [4.78, 5) is 39.0. The first-order chi connectivity index (χ1) is 13.8. The van der Waals surface area contributed by atoms with Crippen molar-refractivity contribution in [2.75, 3.05) is 6.54 Å². The van der Waals surface area contributed by atoms with E-state index in [-0.39, 0.29) is 18.5 Å². The Balaban J connectivity index is 1.40. The highest BCUT2D eigenvalue weighted by Crippen LogP contribution is 2.49. The van der Waals surface area contributed by atoms with E-state index < -0.39 is 17.5 Å². The number of urea groups is 1. The minimum Gasteiger partial charge on any atom is -0.352 e. The van der Waals surface area contributed by atoms with Crippen molar-refractivity contribution in [3.63, 3.8) is 0 Å². The predicted octanol–water partition coefficient (Wildman–Crippen LogP) is 2.27. The van der Waals surface area contributed by atoms with E-state index in [4.69, 9.17) is 5.26 Å². The molecule has 1 aromatic rings. The molecule has 1 heterocycles. The Hall–Kier alpha value is -2.88. The SMILES string of the molecule is CC(NC(=O)CN1C(=O)NC(C)(c2ccc(C#N)cc2)C1=O)C1CC2CCC1C2. The van der Waals surface area contributed by atoms with E-state index in [1.54, 1.807) is 31.2 Å². The second-order valence-electron chi connectivity index (χ2n) is 8.83. The van der Waals surface area contributed by atoms with Crippen molar-refractivity contribution in [2.45, 2.75) is 51.1 Å². The molecule has 2 N–H and O–H groups in total. The van der Waals surface area contributed by atoms with Crippen LogP contribution < -0.4 is 10.6 Å². The Labute approximate surface area is 170 Å².